The smallest absolute Gasteiger partial charge is 0.310 e. The van der Waals surface area contributed by atoms with Gasteiger partial charge in [-0.15, -0.1) is 0 Å². The van der Waals surface area contributed by atoms with Crippen LogP contribution in [0.25, 0.3) is 0 Å². The third-order valence-corrected chi connectivity index (χ3v) is 3.28. The van der Waals surface area contributed by atoms with Crippen LogP contribution >= 0.6 is 0 Å². The topological polar surface area (TPSA) is 55.6 Å². The van der Waals surface area contributed by atoms with Gasteiger partial charge in [0.25, 0.3) is 0 Å². The number of piperidine rings is 1. The number of nitrogen functional groups attached to an aromatic ring is 1. The van der Waals surface area contributed by atoms with Crippen molar-refractivity contribution in [3.8, 4) is 0 Å². The molecule has 1 saturated heterocycles. The number of rotatable bonds is 3. The molecule has 2 rings (SSSR count). The SMILES string of the molecule is CCOC(=O)[C@H]1CCCN(c2cccc(N)c2)C1. The van der Waals surface area contributed by atoms with Crippen molar-refractivity contribution in [3.63, 3.8) is 0 Å². The summed E-state index contributed by atoms with van der Waals surface area (Å²) >= 11 is 0. The van der Waals surface area contributed by atoms with Gasteiger partial charge < -0.3 is 15.4 Å². The quantitative estimate of drug-likeness (QED) is 0.657. The maximum atomic E-state index is 11.8. The number of nitrogens with two attached hydrogens (primary N) is 1. The second-order valence-electron chi connectivity index (χ2n) is 4.63. The van der Waals surface area contributed by atoms with Crippen LogP contribution in [0.1, 0.15) is 19.8 Å². The highest BCUT2D eigenvalue weighted by atomic mass is 16.5. The number of esters is 1. The number of anilines is 2. The van der Waals surface area contributed by atoms with E-state index in [2.05, 4.69) is 4.90 Å². The van der Waals surface area contributed by atoms with Crippen molar-refractivity contribution in [2.24, 2.45) is 5.92 Å². The fraction of sp³-hybridized carbons (Fsp3) is 0.500. The monoisotopic (exact) mass is 248 g/mol. The predicted molar refractivity (Wildman–Crippen MR) is 72.4 cm³/mol. The fourth-order valence-electron chi connectivity index (χ4n) is 2.39. The van der Waals surface area contributed by atoms with Crippen LogP contribution in [0.2, 0.25) is 0 Å². The van der Waals surface area contributed by atoms with E-state index in [-0.39, 0.29) is 11.9 Å². The first-order chi connectivity index (χ1) is 8.70. The molecule has 1 aromatic carbocycles. The Balaban J connectivity index is 2.04. The first-order valence-corrected chi connectivity index (χ1v) is 6.48. The van der Waals surface area contributed by atoms with Gasteiger partial charge in [0, 0.05) is 24.5 Å². The van der Waals surface area contributed by atoms with E-state index >= 15 is 0 Å². The molecule has 0 radical (unpaired) electrons. The molecule has 0 bridgehead atoms. The van der Waals surface area contributed by atoms with Gasteiger partial charge in [0.05, 0.1) is 12.5 Å². The van der Waals surface area contributed by atoms with Gasteiger partial charge in [-0.25, -0.2) is 0 Å². The minimum absolute atomic E-state index is 0.0138. The molecule has 4 heteroatoms. The molecular weight excluding hydrogens is 228 g/mol. The van der Waals surface area contributed by atoms with Gasteiger partial charge in [-0.2, -0.15) is 0 Å². The Hall–Kier alpha value is -1.71. The van der Waals surface area contributed by atoms with Gasteiger partial charge in [0.2, 0.25) is 0 Å². The second-order valence-corrected chi connectivity index (χ2v) is 4.63. The molecule has 0 aliphatic carbocycles. The average molecular weight is 248 g/mol. The predicted octanol–water partition coefficient (Wildman–Crippen LogP) is 2.05. The van der Waals surface area contributed by atoms with Crippen LogP contribution in [0.5, 0.6) is 0 Å². The highest BCUT2D eigenvalue weighted by molar-refractivity contribution is 5.73. The first-order valence-electron chi connectivity index (χ1n) is 6.48. The van der Waals surface area contributed by atoms with Crippen molar-refractivity contribution in [2.75, 3.05) is 30.3 Å². The lowest BCUT2D eigenvalue weighted by molar-refractivity contribution is -0.148. The minimum Gasteiger partial charge on any atom is -0.466 e. The van der Waals surface area contributed by atoms with E-state index in [0.29, 0.717) is 6.61 Å². The number of hydrogen-bond acceptors (Lipinski definition) is 4. The molecule has 1 aromatic rings. The lowest BCUT2D eigenvalue weighted by Crippen LogP contribution is -2.39. The number of carbonyl (C=O) groups excluding carboxylic acids is 1. The summed E-state index contributed by atoms with van der Waals surface area (Å²) in [5.41, 5.74) is 7.63. The Morgan fingerprint density at radius 3 is 3.11 bits per heavy atom. The summed E-state index contributed by atoms with van der Waals surface area (Å²) in [4.78, 5) is 14.0. The third-order valence-electron chi connectivity index (χ3n) is 3.28. The highest BCUT2D eigenvalue weighted by Crippen LogP contribution is 2.25. The van der Waals surface area contributed by atoms with E-state index in [1.54, 1.807) is 0 Å². The first kappa shape index (κ1) is 12.7. The zero-order valence-electron chi connectivity index (χ0n) is 10.8. The largest absolute Gasteiger partial charge is 0.466 e. The van der Waals surface area contributed by atoms with Gasteiger partial charge in [-0.05, 0) is 38.0 Å². The standard InChI is InChI=1S/C14H20N2O2/c1-2-18-14(17)11-5-4-8-16(10-11)13-7-3-6-12(15)9-13/h3,6-7,9,11H,2,4-5,8,10,15H2,1H3/t11-/m0/s1. The highest BCUT2D eigenvalue weighted by Gasteiger charge is 2.26. The summed E-state index contributed by atoms with van der Waals surface area (Å²) in [6.45, 7) is 3.99. The number of ether oxygens (including phenoxy) is 1. The Bertz CT molecular complexity index is 420. The Labute approximate surface area is 108 Å². The van der Waals surface area contributed by atoms with Gasteiger partial charge >= 0.3 is 5.97 Å². The molecule has 0 aromatic heterocycles. The summed E-state index contributed by atoms with van der Waals surface area (Å²) in [6.07, 6.45) is 1.93. The molecule has 0 saturated carbocycles. The maximum absolute atomic E-state index is 11.8. The molecule has 2 N–H and O–H groups in total. The number of benzene rings is 1. The van der Waals surface area contributed by atoms with Crippen molar-refractivity contribution in [3.05, 3.63) is 24.3 Å². The molecule has 0 unspecified atom stereocenters. The lowest BCUT2D eigenvalue weighted by Gasteiger charge is -2.33. The van der Waals surface area contributed by atoms with Crippen molar-refractivity contribution in [2.45, 2.75) is 19.8 Å². The van der Waals surface area contributed by atoms with E-state index < -0.39 is 0 Å². The van der Waals surface area contributed by atoms with Gasteiger partial charge in [0.1, 0.15) is 0 Å². The Kier molecular flexibility index (Phi) is 4.07. The summed E-state index contributed by atoms with van der Waals surface area (Å²) in [5, 5.41) is 0. The molecule has 1 atom stereocenters. The van der Waals surface area contributed by atoms with Crippen LogP contribution in [0.4, 0.5) is 11.4 Å². The molecular formula is C14H20N2O2. The van der Waals surface area contributed by atoms with Gasteiger partial charge in [0.15, 0.2) is 0 Å². The van der Waals surface area contributed by atoms with Crippen LogP contribution in [-0.4, -0.2) is 25.7 Å². The van der Waals surface area contributed by atoms with Crippen molar-refractivity contribution < 1.29 is 9.53 Å². The van der Waals surface area contributed by atoms with Crippen molar-refractivity contribution >= 4 is 17.3 Å². The zero-order chi connectivity index (χ0) is 13.0. The third kappa shape index (κ3) is 2.94. The maximum Gasteiger partial charge on any atom is 0.310 e. The normalized spacial score (nSPS) is 19.6. The minimum atomic E-state index is -0.0777. The molecule has 1 heterocycles. The van der Waals surface area contributed by atoms with Crippen LogP contribution in [0.3, 0.4) is 0 Å². The number of carbonyl (C=O) groups is 1. The van der Waals surface area contributed by atoms with Crippen molar-refractivity contribution in [1.82, 2.24) is 0 Å². The summed E-state index contributed by atoms with van der Waals surface area (Å²) in [5.74, 6) is -0.0915. The van der Waals surface area contributed by atoms with Crippen molar-refractivity contribution in [1.29, 1.82) is 0 Å². The average Bonchev–Trinajstić information content (AvgIpc) is 2.39. The van der Waals surface area contributed by atoms with Gasteiger partial charge in [-0.3, -0.25) is 4.79 Å². The Morgan fingerprint density at radius 2 is 2.39 bits per heavy atom. The van der Waals surface area contributed by atoms with E-state index in [1.807, 2.05) is 31.2 Å². The van der Waals surface area contributed by atoms with Crippen LogP contribution in [-0.2, 0) is 9.53 Å². The molecule has 1 aliphatic heterocycles. The van der Waals surface area contributed by atoms with Crippen LogP contribution in [0.15, 0.2) is 24.3 Å². The molecule has 1 aliphatic rings. The van der Waals surface area contributed by atoms with Crippen LogP contribution in [0, 0.1) is 5.92 Å². The van der Waals surface area contributed by atoms with E-state index in [0.717, 1.165) is 37.3 Å². The second kappa shape index (κ2) is 5.76. The molecule has 0 spiro atoms. The van der Waals surface area contributed by atoms with E-state index in [1.165, 1.54) is 0 Å². The fourth-order valence-corrected chi connectivity index (χ4v) is 2.39. The lowest BCUT2D eigenvalue weighted by atomic mass is 9.97. The number of nitrogens with zero attached hydrogens (tertiary/aromatic N) is 1. The molecule has 18 heavy (non-hydrogen) atoms. The molecule has 4 nitrogen and oxygen atoms in total. The summed E-state index contributed by atoms with van der Waals surface area (Å²) < 4.78 is 5.10. The van der Waals surface area contributed by atoms with Gasteiger partial charge in [-0.1, -0.05) is 6.07 Å². The molecule has 1 fully saturated rings. The summed E-state index contributed by atoms with van der Waals surface area (Å²) in [6, 6.07) is 7.80. The molecule has 0 amide bonds. The zero-order valence-corrected chi connectivity index (χ0v) is 10.8. The molecule has 98 valence electrons. The van der Waals surface area contributed by atoms with E-state index in [9.17, 15) is 4.79 Å². The van der Waals surface area contributed by atoms with Crippen LogP contribution < -0.4 is 10.6 Å². The Morgan fingerprint density at radius 1 is 1.56 bits per heavy atom. The number of hydrogen-bond donors (Lipinski definition) is 1. The summed E-state index contributed by atoms with van der Waals surface area (Å²) in [7, 11) is 0. The van der Waals surface area contributed by atoms with E-state index in [4.69, 9.17) is 10.5 Å².